The highest BCUT2D eigenvalue weighted by molar-refractivity contribution is 7.89. The number of nitrogens with one attached hydrogen (secondary N) is 1. The molecule has 1 heterocycles. The Morgan fingerprint density at radius 2 is 1.77 bits per heavy atom. The van der Waals surface area contributed by atoms with E-state index in [1.165, 1.54) is 6.07 Å². The summed E-state index contributed by atoms with van der Waals surface area (Å²) in [6, 6.07) is 20.1. The first-order valence-corrected chi connectivity index (χ1v) is 10.7. The van der Waals surface area contributed by atoms with Gasteiger partial charge in [0, 0.05) is 16.6 Å². The summed E-state index contributed by atoms with van der Waals surface area (Å²) < 4.78 is 29.1. The molecule has 0 fully saturated rings. The first kappa shape index (κ1) is 19.8. The van der Waals surface area contributed by atoms with Crippen LogP contribution in [0.15, 0.2) is 71.6 Å². The number of hydrogen-bond donors (Lipinski definition) is 2. The predicted octanol–water partition coefficient (Wildman–Crippen LogP) is 4.00. The van der Waals surface area contributed by atoms with Crippen molar-refractivity contribution in [2.24, 2.45) is 5.14 Å². The van der Waals surface area contributed by atoms with E-state index in [4.69, 9.17) is 14.9 Å². The summed E-state index contributed by atoms with van der Waals surface area (Å²) in [4.78, 5) is 9.44. The molecule has 0 saturated carbocycles. The number of benzene rings is 3. The maximum atomic E-state index is 11.9. The molecule has 0 aliphatic heterocycles. The molecule has 152 valence electrons. The molecule has 0 radical (unpaired) electrons. The summed E-state index contributed by atoms with van der Waals surface area (Å²) in [6.07, 6.45) is 0. The average molecular weight is 420 g/mol. The minimum atomic E-state index is -3.84. The normalized spacial score (nSPS) is 11.4. The van der Waals surface area contributed by atoms with Gasteiger partial charge in [0.25, 0.3) is 0 Å². The number of fused-ring (bicyclic) bond motifs is 1. The van der Waals surface area contributed by atoms with Crippen LogP contribution >= 0.6 is 0 Å². The minimum absolute atomic E-state index is 0.0684. The number of nitrogens with zero attached hydrogens (tertiary/aromatic N) is 2. The third-order valence-corrected chi connectivity index (χ3v) is 5.74. The molecule has 0 atom stereocenters. The maximum Gasteiger partial charge on any atom is 0.238 e. The van der Waals surface area contributed by atoms with E-state index in [-0.39, 0.29) is 4.90 Å². The summed E-state index contributed by atoms with van der Waals surface area (Å²) in [7, 11) is -2.23. The molecule has 0 aliphatic rings. The molecule has 30 heavy (non-hydrogen) atoms. The number of ether oxygens (including phenoxy) is 1. The standard InChI is InChI=1S/C22H20N4O3S/c1-14-10-11-16(13-20(14)30(23,27)28)24-22-18-8-3-4-9-19(18)25-21(26-22)15-6-5-7-17(12-15)29-2/h3-13H,1-2H3,(H2,23,27,28)(H,24,25,26). The summed E-state index contributed by atoms with van der Waals surface area (Å²) in [6.45, 7) is 1.70. The van der Waals surface area contributed by atoms with E-state index < -0.39 is 10.0 Å². The Labute approximate surface area is 174 Å². The number of aryl methyl sites for hydroxylation is 1. The molecule has 4 rings (SSSR count). The molecule has 3 N–H and O–H groups in total. The third kappa shape index (κ3) is 3.96. The predicted molar refractivity (Wildman–Crippen MR) is 117 cm³/mol. The lowest BCUT2D eigenvalue weighted by Crippen LogP contribution is -2.14. The molecule has 0 amide bonds. The minimum Gasteiger partial charge on any atom is -0.497 e. The number of nitrogens with two attached hydrogens (primary N) is 1. The van der Waals surface area contributed by atoms with Gasteiger partial charge in [-0.15, -0.1) is 0 Å². The van der Waals surface area contributed by atoms with Crippen molar-refractivity contribution in [3.05, 3.63) is 72.3 Å². The first-order valence-electron chi connectivity index (χ1n) is 9.17. The van der Waals surface area contributed by atoms with Crippen molar-refractivity contribution in [2.75, 3.05) is 12.4 Å². The SMILES string of the molecule is COc1cccc(-c2nc(Nc3ccc(C)c(S(N)(=O)=O)c3)c3ccccc3n2)c1. The monoisotopic (exact) mass is 420 g/mol. The summed E-state index contributed by atoms with van der Waals surface area (Å²) in [5.74, 6) is 1.78. The maximum absolute atomic E-state index is 11.9. The van der Waals surface area contributed by atoms with Gasteiger partial charge in [0.15, 0.2) is 5.82 Å². The van der Waals surface area contributed by atoms with Crippen molar-refractivity contribution in [2.45, 2.75) is 11.8 Å². The van der Waals surface area contributed by atoms with Gasteiger partial charge in [0.05, 0.1) is 17.5 Å². The van der Waals surface area contributed by atoms with Crippen LogP contribution in [-0.4, -0.2) is 25.5 Å². The molecule has 3 aromatic carbocycles. The van der Waals surface area contributed by atoms with E-state index in [9.17, 15) is 8.42 Å². The van der Waals surface area contributed by atoms with Crippen molar-refractivity contribution in [1.82, 2.24) is 9.97 Å². The lowest BCUT2D eigenvalue weighted by molar-refractivity contribution is 0.415. The van der Waals surface area contributed by atoms with Gasteiger partial charge in [-0.05, 0) is 48.9 Å². The van der Waals surface area contributed by atoms with Gasteiger partial charge in [-0.1, -0.05) is 30.3 Å². The lowest BCUT2D eigenvalue weighted by atomic mass is 10.1. The molecular weight excluding hydrogens is 400 g/mol. The van der Waals surface area contributed by atoms with E-state index in [1.54, 1.807) is 26.2 Å². The van der Waals surface area contributed by atoms with Gasteiger partial charge < -0.3 is 10.1 Å². The number of para-hydroxylation sites is 1. The van der Waals surface area contributed by atoms with Crippen LogP contribution in [0.5, 0.6) is 5.75 Å². The highest BCUT2D eigenvalue weighted by atomic mass is 32.2. The zero-order chi connectivity index (χ0) is 21.3. The van der Waals surface area contributed by atoms with E-state index in [1.807, 2.05) is 48.5 Å². The van der Waals surface area contributed by atoms with E-state index in [0.717, 1.165) is 16.5 Å². The second kappa shape index (κ2) is 7.74. The Balaban J connectivity index is 1.84. The number of methoxy groups -OCH3 is 1. The smallest absolute Gasteiger partial charge is 0.238 e. The zero-order valence-electron chi connectivity index (χ0n) is 16.5. The molecule has 1 aromatic heterocycles. The molecule has 0 bridgehead atoms. The fraction of sp³-hybridized carbons (Fsp3) is 0.0909. The number of rotatable bonds is 5. The Kier molecular flexibility index (Phi) is 5.11. The molecular formula is C22H20N4O3S. The quantitative estimate of drug-likeness (QED) is 0.505. The van der Waals surface area contributed by atoms with Crippen LogP contribution in [0.25, 0.3) is 22.3 Å². The topological polar surface area (TPSA) is 107 Å². The van der Waals surface area contributed by atoms with Gasteiger partial charge in [-0.2, -0.15) is 0 Å². The molecule has 0 aliphatic carbocycles. The van der Waals surface area contributed by atoms with Crippen molar-refractivity contribution in [3.8, 4) is 17.1 Å². The van der Waals surface area contributed by atoms with E-state index in [2.05, 4.69) is 10.3 Å². The number of hydrogen-bond acceptors (Lipinski definition) is 6. The van der Waals surface area contributed by atoms with Gasteiger partial charge in [0.1, 0.15) is 11.6 Å². The number of primary sulfonamides is 1. The van der Waals surface area contributed by atoms with Crippen LogP contribution in [0.3, 0.4) is 0 Å². The molecule has 0 unspecified atom stereocenters. The van der Waals surface area contributed by atoms with Gasteiger partial charge in [-0.3, -0.25) is 0 Å². The third-order valence-electron chi connectivity index (χ3n) is 4.69. The highest BCUT2D eigenvalue weighted by Crippen LogP contribution is 2.29. The van der Waals surface area contributed by atoms with Crippen LogP contribution in [0.4, 0.5) is 11.5 Å². The van der Waals surface area contributed by atoms with Crippen LogP contribution in [-0.2, 0) is 10.0 Å². The summed E-state index contributed by atoms with van der Waals surface area (Å²) in [5.41, 5.74) is 2.70. The van der Waals surface area contributed by atoms with Gasteiger partial charge >= 0.3 is 0 Å². The average Bonchev–Trinajstić information content (AvgIpc) is 2.74. The van der Waals surface area contributed by atoms with Crippen LogP contribution in [0, 0.1) is 6.92 Å². The van der Waals surface area contributed by atoms with Crippen molar-refractivity contribution in [3.63, 3.8) is 0 Å². The summed E-state index contributed by atoms with van der Waals surface area (Å²) in [5, 5.41) is 9.38. The second-order valence-corrected chi connectivity index (χ2v) is 8.33. The Morgan fingerprint density at radius 1 is 0.967 bits per heavy atom. The fourth-order valence-electron chi connectivity index (χ4n) is 3.18. The van der Waals surface area contributed by atoms with Crippen LogP contribution in [0.2, 0.25) is 0 Å². The fourth-order valence-corrected chi connectivity index (χ4v) is 3.99. The van der Waals surface area contributed by atoms with Gasteiger partial charge in [-0.25, -0.2) is 23.5 Å². The first-order chi connectivity index (χ1) is 14.3. The second-order valence-electron chi connectivity index (χ2n) is 6.80. The van der Waals surface area contributed by atoms with E-state index >= 15 is 0 Å². The summed E-state index contributed by atoms with van der Waals surface area (Å²) >= 11 is 0. The van der Waals surface area contributed by atoms with Crippen molar-refractivity contribution >= 4 is 32.4 Å². The number of sulfonamides is 1. The highest BCUT2D eigenvalue weighted by Gasteiger charge is 2.14. The van der Waals surface area contributed by atoms with Crippen LogP contribution < -0.4 is 15.2 Å². The lowest BCUT2D eigenvalue weighted by Gasteiger charge is -2.13. The largest absolute Gasteiger partial charge is 0.497 e. The van der Waals surface area contributed by atoms with E-state index in [0.29, 0.717) is 28.6 Å². The number of anilines is 2. The Morgan fingerprint density at radius 3 is 2.53 bits per heavy atom. The Bertz CT molecular complexity index is 1350. The zero-order valence-corrected chi connectivity index (χ0v) is 17.3. The molecule has 0 spiro atoms. The van der Waals surface area contributed by atoms with Crippen molar-refractivity contribution in [1.29, 1.82) is 0 Å². The molecule has 0 saturated heterocycles. The Hall–Kier alpha value is -3.49. The molecule has 8 heteroatoms. The van der Waals surface area contributed by atoms with Gasteiger partial charge in [0.2, 0.25) is 10.0 Å². The number of aromatic nitrogens is 2. The van der Waals surface area contributed by atoms with Crippen LogP contribution in [0.1, 0.15) is 5.56 Å². The molecule has 4 aromatic rings. The van der Waals surface area contributed by atoms with Crippen molar-refractivity contribution < 1.29 is 13.2 Å². The molecule has 7 nitrogen and oxygen atoms in total.